The highest BCUT2D eigenvalue weighted by Gasteiger charge is 2.43. The molecule has 0 bridgehead atoms. The van der Waals surface area contributed by atoms with E-state index < -0.39 is 37.0 Å². The maximum atomic E-state index is 11.4. The van der Waals surface area contributed by atoms with E-state index in [-0.39, 0.29) is 13.2 Å². The van der Waals surface area contributed by atoms with Crippen LogP contribution in [0.25, 0.3) is 0 Å². The average Bonchev–Trinajstić information content (AvgIpc) is 2.64. The summed E-state index contributed by atoms with van der Waals surface area (Å²) in [5.74, 6) is -2.80. The minimum atomic E-state index is -3.63. The van der Waals surface area contributed by atoms with E-state index in [2.05, 4.69) is 13.2 Å². The summed E-state index contributed by atoms with van der Waals surface area (Å²) in [6.45, 7) is 6.61. The second kappa shape index (κ2) is 4.89. The van der Waals surface area contributed by atoms with Crippen molar-refractivity contribution in [3.05, 3.63) is 24.0 Å². The maximum Gasteiger partial charge on any atom is 0.197 e. The molecule has 8 heteroatoms. The van der Waals surface area contributed by atoms with Crippen molar-refractivity contribution in [2.24, 2.45) is 0 Å². The monoisotopic (exact) mass is 282 g/mol. The standard InChI is InChI=1S/C9H14O6S2/c1-3-16(10,11)7-9(14-5-6-15-9)8-17(12,13)4-2/h3-4H,1-2,5-8H2. The van der Waals surface area contributed by atoms with Crippen LogP contribution in [0.5, 0.6) is 0 Å². The zero-order valence-electron chi connectivity index (χ0n) is 9.16. The third-order valence-corrected chi connectivity index (χ3v) is 4.86. The van der Waals surface area contributed by atoms with Crippen molar-refractivity contribution in [2.45, 2.75) is 5.79 Å². The Kier molecular flexibility index (Phi) is 4.13. The summed E-state index contributed by atoms with van der Waals surface area (Å²) in [5, 5.41) is 1.50. The first-order chi connectivity index (χ1) is 7.74. The molecule has 0 atom stereocenters. The smallest absolute Gasteiger partial charge is 0.197 e. The number of hydrogen-bond donors (Lipinski definition) is 0. The van der Waals surface area contributed by atoms with Crippen LogP contribution in [-0.4, -0.2) is 47.3 Å². The lowest BCUT2D eigenvalue weighted by atomic mass is 10.4. The molecule has 1 heterocycles. The van der Waals surface area contributed by atoms with E-state index in [9.17, 15) is 16.8 Å². The van der Waals surface area contributed by atoms with Gasteiger partial charge >= 0.3 is 0 Å². The van der Waals surface area contributed by atoms with Crippen molar-refractivity contribution in [1.82, 2.24) is 0 Å². The predicted molar refractivity (Wildman–Crippen MR) is 62.6 cm³/mol. The number of ether oxygens (including phenoxy) is 2. The Balaban J connectivity index is 2.99. The predicted octanol–water partition coefficient (Wildman–Crippen LogP) is -0.154. The largest absolute Gasteiger partial charge is 0.345 e. The summed E-state index contributed by atoms with van der Waals surface area (Å²) in [6.07, 6.45) is 0. The number of sulfone groups is 2. The first kappa shape index (κ1) is 14.4. The normalized spacial score (nSPS) is 20.0. The molecular weight excluding hydrogens is 268 g/mol. The van der Waals surface area contributed by atoms with Gasteiger partial charge in [-0.3, -0.25) is 0 Å². The molecule has 98 valence electrons. The molecule has 0 N–H and O–H groups in total. The van der Waals surface area contributed by atoms with Crippen molar-refractivity contribution in [2.75, 3.05) is 24.7 Å². The molecule has 1 saturated heterocycles. The molecule has 1 aliphatic heterocycles. The van der Waals surface area contributed by atoms with Gasteiger partial charge < -0.3 is 9.47 Å². The minimum absolute atomic E-state index is 0.152. The Hall–Kier alpha value is -0.700. The van der Waals surface area contributed by atoms with Gasteiger partial charge in [0, 0.05) is 10.8 Å². The van der Waals surface area contributed by atoms with E-state index in [1.54, 1.807) is 0 Å². The topological polar surface area (TPSA) is 86.7 Å². The van der Waals surface area contributed by atoms with E-state index >= 15 is 0 Å². The Morgan fingerprint density at radius 3 is 1.59 bits per heavy atom. The summed E-state index contributed by atoms with van der Waals surface area (Å²) in [5.41, 5.74) is 0. The van der Waals surface area contributed by atoms with Crippen LogP contribution < -0.4 is 0 Å². The summed E-state index contributed by atoms with van der Waals surface area (Å²) in [6, 6.07) is 0. The summed E-state index contributed by atoms with van der Waals surface area (Å²) in [7, 11) is -7.25. The van der Waals surface area contributed by atoms with Gasteiger partial charge in [-0.1, -0.05) is 13.2 Å². The van der Waals surface area contributed by atoms with Gasteiger partial charge in [0.2, 0.25) is 0 Å². The van der Waals surface area contributed by atoms with Gasteiger partial charge in [0.25, 0.3) is 0 Å². The van der Waals surface area contributed by atoms with Crippen LogP contribution in [0.15, 0.2) is 24.0 Å². The van der Waals surface area contributed by atoms with Gasteiger partial charge in [-0.2, -0.15) is 0 Å². The van der Waals surface area contributed by atoms with Gasteiger partial charge in [0.05, 0.1) is 13.2 Å². The third kappa shape index (κ3) is 3.91. The molecule has 0 radical (unpaired) electrons. The first-order valence-electron chi connectivity index (χ1n) is 4.72. The molecule has 1 aliphatic rings. The molecule has 0 aromatic carbocycles. The fraction of sp³-hybridized carbons (Fsp3) is 0.556. The fourth-order valence-corrected chi connectivity index (χ4v) is 3.56. The van der Waals surface area contributed by atoms with Crippen LogP contribution in [0.2, 0.25) is 0 Å². The van der Waals surface area contributed by atoms with Gasteiger partial charge in [0.1, 0.15) is 11.5 Å². The third-order valence-electron chi connectivity index (χ3n) is 2.16. The van der Waals surface area contributed by atoms with Crippen LogP contribution >= 0.6 is 0 Å². The highest BCUT2D eigenvalue weighted by molar-refractivity contribution is 7.95. The summed E-state index contributed by atoms with van der Waals surface area (Å²) < 4.78 is 56.0. The average molecular weight is 282 g/mol. The molecule has 0 spiro atoms. The Morgan fingerprint density at radius 2 is 1.29 bits per heavy atom. The van der Waals surface area contributed by atoms with Crippen molar-refractivity contribution in [3.8, 4) is 0 Å². The highest BCUT2D eigenvalue weighted by Crippen LogP contribution is 2.24. The SMILES string of the molecule is C=CS(=O)(=O)CC1(CS(=O)(=O)C=C)OCCO1. The zero-order valence-corrected chi connectivity index (χ0v) is 10.8. The summed E-state index contributed by atoms with van der Waals surface area (Å²) in [4.78, 5) is 0. The van der Waals surface area contributed by atoms with Crippen molar-refractivity contribution < 1.29 is 26.3 Å². The van der Waals surface area contributed by atoms with E-state index in [4.69, 9.17) is 9.47 Å². The first-order valence-corrected chi connectivity index (χ1v) is 8.16. The van der Waals surface area contributed by atoms with Crippen LogP contribution in [0.4, 0.5) is 0 Å². The van der Waals surface area contributed by atoms with Crippen LogP contribution in [0.1, 0.15) is 0 Å². The second-order valence-corrected chi connectivity index (χ2v) is 7.45. The number of rotatable bonds is 6. The molecule has 0 amide bonds. The van der Waals surface area contributed by atoms with E-state index in [1.807, 2.05) is 0 Å². The van der Waals surface area contributed by atoms with Crippen molar-refractivity contribution in [1.29, 1.82) is 0 Å². The molecule has 0 aromatic rings. The number of hydrogen-bond acceptors (Lipinski definition) is 6. The van der Waals surface area contributed by atoms with Crippen molar-refractivity contribution >= 4 is 19.7 Å². The second-order valence-electron chi connectivity index (χ2n) is 3.56. The lowest BCUT2D eigenvalue weighted by Crippen LogP contribution is -2.44. The molecule has 0 saturated carbocycles. The lowest BCUT2D eigenvalue weighted by molar-refractivity contribution is -0.119. The van der Waals surface area contributed by atoms with E-state index in [1.165, 1.54) is 0 Å². The molecule has 1 fully saturated rings. The van der Waals surface area contributed by atoms with Gasteiger partial charge in [-0.05, 0) is 0 Å². The molecular formula is C9H14O6S2. The zero-order chi connectivity index (χ0) is 13.2. The van der Waals surface area contributed by atoms with E-state index in [0.717, 1.165) is 10.8 Å². The molecule has 6 nitrogen and oxygen atoms in total. The Bertz CT molecular complexity index is 454. The molecule has 0 aromatic heterocycles. The van der Waals surface area contributed by atoms with Crippen LogP contribution in [0.3, 0.4) is 0 Å². The van der Waals surface area contributed by atoms with Crippen LogP contribution in [-0.2, 0) is 29.1 Å². The van der Waals surface area contributed by atoms with Gasteiger partial charge in [-0.25, -0.2) is 16.8 Å². The minimum Gasteiger partial charge on any atom is -0.345 e. The highest BCUT2D eigenvalue weighted by atomic mass is 32.2. The summed E-state index contributed by atoms with van der Waals surface area (Å²) >= 11 is 0. The fourth-order valence-electron chi connectivity index (χ4n) is 1.44. The van der Waals surface area contributed by atoms with E-state index in [0.29, 0.717) is 0 Å². The molecule has 1 rings (SSSR count). The lowest BCUT2D eigenvalue weighted by Gasteiger charge is -2.25. The quantitative estimate of drug-likeness (QED) is 0.673. The molecule has 17 heavy (non-hydrogen) atoms. The van der Waals surface area contributed by atoms with Crippen LogP contribution in [0, 0.1) is 0 Å². The maximum absolute atomic E-state index is 11.4. The molecule has 0 unspecified atom stereocenters. The van der Waals surface area contributed by atoms with Crippen molar-refractivity contribution in [3.63, 3.8) is 0 Å². The Morgan fingerprint density at radius 1 is 0.941 bits per heavy atom. The molecule has 0 aliphatic carbocycles. The van der Waals surface area contributed by atoms with Gasteiger partial charge in [0.15, 0.2) is 25.5 Å². The Labute approximate surface area is 101 Å². The van der Waals surface area contributed by atoms with Gasteiger partial charge in [-0.15, -0.1) is 0 Å².